The number of nitrogens with one attached hydrogen (secondary N) is 1. The molecule has 2 aromatic rings. The molecule has 0 spiro atoms. The van der Waals surface area contributed by atoms with Gasteiger partial charge in [0.25, 0.3) is 0 Å². The predicted octanol–water partition coefficient (Wildman–Crippen LogP) is 2.86. The molecule has 0 bridgehead atoms. The number of hydrogen-bond acceptors (Lipinski definition) is 3. The first-order chi connectivity index (χ1) is 7.06. The number of hydrogen-bond donors (Lipinski definition) is 1. The zero-order chi connectivity index (χ0) is 11.0. The van der Waals surface area contributed by atoms with E-state index in [1.54, 1.807) is 13.0 Å². The van der Waals surface area contributed by atoms with E-state index >= 15 is 0 Å². The topological polar surface area (TPSA) is 55.1 Å². The number of anilines is 1. The van der Waals surface area contributed by atoms with Gasteiger partial charge in [-0.3, -0.25) is 4.79 Å². The number of halogens is 1. The number of benzene rings is 1. The number of nitrogens with zero attached hydrogens (tertiary/aromatic N) is 1. The molecule has 5 heteroatoms. The average Bonchev–Trinajstić information content (AvgIpc) is 2.44. The van der Waals surface area contributed by atoms with Crippen LogP contribution < -0.4 is 5.32 Å². The highest BCUT2D eigenvalue weighted by Gasteiger charge is 2.10. The summed E-state index contributed by atoms with van der Waals surface area (Å²) in [6.07, 6.45) is 0. The van der Waals surface area contributed by atoms with Gasteiger partial charge in [0.2, 0.25) is 5.91 Å². The number of fused-ring (bicyclic) bond motifs is 1. The molecule has 78 valence electrons. The Labute approximate surface area is 94.8 Å². The lowest BCUT2D eigenvalue weighted by molar-refractivity contribution is -0.114. The third kappa shape index (κ3) is 2.02. The number of oxazole rings is 1. The largest absolute Gasteiger partial charge is 0.441 e. The number of carbonyl (C=O) groups is 1. The van der Waals surface area contributed by atoms with Gasteiger partial charge in [0.15, 0.2) is 11.5 Å². The lowest BCUT2D eigenvalue weighted by Crippen LogP contribution is -2.06. The zero-order valence-corrected chi connectivity index (χ0v) is 9.88. The highest BCUT2D eigenvalue weighted by atomic mass is 79.9. The smallest absolute Gasteiger partial charge is 0.221 e. The molecule has 1 N–H and O–H groups in total. The third-order valence-corrected chi connectivity index (χ3v) is 2.34. The summed E-state index contributed by atoms with van der Waals surface area (Å²) >= 11 is 3.34. The van der Waals surface area contributed by atoms with Crippen LogP contribution >= 0.6 is 15.9 Å². The first-order valence-corrected chi connectivity index (χ1v) is 5.20. The van der Waals surface area contributed by atoms with Gasteiger partial charge in [0, 0.05) is 18.3 Å². The van der Waals surface area contributed by atoms with Gasteiger partial charge in [-0.1, -0.05) is 15.9 Å². The van der Waals surface area contributed by atoms with Crippen molar-refractivity contribution in [2.24, 2.45) is 0 Å². The van der Waals surface area contributed by atoms with Crippen molar-refractivity contribution >= 4 is 38.6 Å². The summed E-state index contributed by atoms with van der Waals surface area (Å²) in [6, 6.07) is 3.62. The fourth-order valence-corrected chi connectivity index (χ4v) is 1.83. The molecule has 1 heterocycles. The molecule has 0 atom stereocenters. The molecule has 0 fully saturated rings. The molecule has 1 aromatic heterocycles. The van der Waals surface area contributed by atoms with Crippen molar-refractivity contribution in [1.82, 2.24) is 4.98 Å². The lowest BCUT2D eigenvalue weighted by atomic mass is 10.3. The number of rotatable bonds is 1. The first-order valence-electron chi connectivity index (χ1n) is 4.40. The van der Waals surface area contributed by atoms with Gasteiger partial charge >= 0.3 is 0 Å². The molecular weight excluding hydrogens is 260 g/mol. The molecule has 0 aliphatic heterocycles. The minimum atomic E-state index is -0.130. The van der Waals surface area contributed by atoms with Crippen LogP contribution in [0.1, 0.15) is 12.8 Å². The summed E-state index contributed by atoms with van der Waals surface area (Å²) in [6.45, 7) is 3.23. The molecule has 0 saturated heterocycles. The van der Waals surface area contributed by atoms with Crippen LogP contribution in [0.4, 0.5) is 5.69 Å². The summed E-state index contributed by atoms with van der Waals surface area (Å²) in [7, 11) is 0. The Balaban J connectivity index is 2.64. The molecule has 2 rings (SSSR count). The van der Waals surface area contributed by atoms with Gasteiger partial charge in [0.05, 0.1) is 5.69 Å². The van der Waals surface area contributed by atoms with Crippen LogP contribution in [0, 0.1) is 6.92 Å². The van der Waals surface area contributed by atoms with Gasteiger partial charge in [-0.2, -0.15) is 0 Å². The molecule has 0 unspecified atom stereocenters. The van der Waals surface area contributed by atoms with E-state index in [1.165, 1.54) is 6.92 Å². The Hall–Kier alpha value is -1.36. The zero-order valence-electron chi connectivity index (χ0n) is 8.30. The maximum absolute atomic E-state index is 11.0. The molecule has 15 heavy (non-hydrogen) atoms. The second-order valence-corrected chi connectivity index (χ2v) is 4.13. The van der Waals surface area contributed by atoms with Gasteiger partial charge in [-0.25, -0.2) is 4.98 Å². The predicted molar refractivity (Wildman–Crippen MR) is 60.7 cm³/mol. The minimum Gasteiger partial charge on any atom is -0.441 e. The van der Waals surface area contributed by atoms with E-state index in [0.29, 0.717) is 22.7 Å². The quantitative estimate of drug-likeness (QED) is 0.866. The van der Waals surface area contributed by atoms with Gasteiger partial charge in [-0.15, -0.1) is 0 Å². The van der Waals surface area contributed by atoms with Crippen molar-refractivity contribution in [2.75, 3.05) is 5.32 Å². The fraction of sp³-hybridized carbons (Fsp3) is 0.200. The molecule has 1 aromatic carbocycles. The normalized spacial score (nSPS) is 10.6. The van der Waals surface area contributed by atoms with Crippen LogP contribution in [0.2, 0.25) is 0 Å². The number of aromatic nitrogens is 1. The number of carbonyl (C=O) groups excluding carboxylic acids is 1. The van der Waals surface area contributed by atoms with Crippen molar-refractivity contribution < 1.29 is 9.21 Å². The van der Waals surface area contributed by atoms with Crippen molar-refractivity contribution in [2.45, 2.75) is 13.8 Å². The van der Waals surface area contributed by atoms with Crippen LogP contribution in [0.15, 0.2) is 21.0 Å². The van der Waals surface area contributed by atoms with E-state index < -0.39 is 0 Å². The average molecular weight is 269 g/mol. The molecule has 0 aliphatic rings. The second-order valence-electron chi connectivity index (χ2n) is 3.21. The maximum Gasteiger partial charge on any atom is 0.221 e. The van der Waals surface area contributed by atoms with E-state index in [0.717, 1.165) is 4.47 Å². The molecule has 0 saturated carbocycles. The number of aryl methyl sites for hydroxylation is 1. The molecular formula is C10H9BrN2O2. The number of amides is 1. The van der Waals surface area contributed by atoms with Gasteiger partial charge < -0.3 is 9.73 Å². The van der Waals surface area contributed by atoms with Crippen molar-refractivity contribution in [3.05, 3.63) is 22.5 Å². The summed E-state index contributed by atoms with van der Waals surface area (Å²) in [5, 5.41) is 2.71. The van der Waals surface area contributed by atoms with Crippen LogP contribution in [-0.4, -0.2) is 10.9 Å². The monoisotopic (exact) mass is 268 g/mol. The van der Waals surface area contributed by atoms with E-state index in [-0.39, 0.29) is 5.91 Å². The Bertz CT molecular complexity index is 533. The van der Waals surface area contributed by atoms with Crippen LogP contribution in [0.3, 0.4) is 0 Å². The van der Waals surface area contributed by atoms with E-state index in [1.807, 2.05) is 6.07 Å². The van der Waals surface area contributed by atoms with Crippen molar-refractivity contribution in [3.63, 3.8) is 0 Å². The Morgan fingerprint density at radius 2 is 2.27 bits per heavy atom. The molecule has 0 aliphatic carbocycles. The van der Waals surface area contributed by atoms with Crippen molar-refractivity contribution in [1.29, 1.82) is 0 Å². The standard InChI is InChI=1S/C10H9BrN2O2/c1-5(14)12-8-3-7(11)4-9-10(8)13-6(2)15-9/h3-4H,1-2H3,(H,12,14). The summed E-state index contributed by atoms with van der Waals surface area (Å²) in [4.78, 5) is 15.2. The van der Waals surface area contributed by atoms with E-state index in [9.17, 15) is 4.79 Å². The van der Waals surface area contributed by atoms with E-state index in [4.69, 9.17) is 4.42 Å². The second kappa shape index (κ2) is 3.66. The highest BCUT2D eigenvalue weighted by Crippen LogP contribution is 2.28. The van der Waals surface area contributed by atoms with Crippen LogP contribution in [0.5, 0.6) is 0 Å². The Morgan fingerprint density at radius 3 is 2.93 bits per heavy atom. The third-order valence-electron chi connectivity index (χ3n) is 1.88. The van der Waals surface area contributed by atoms with Crippen LogP contribution in [-0.2, 0) is 4.79 Å². The molecule has 1 amide bonds. The van der Waals surface area contributed by atoms with Crippen molar-refractivity contribution in [3.8, 4) is 0 Å². The first kappa shape index (κ1) is 10.2. The molecule has 4 nitrogen and oxygen atoms in total. The fourth-order valence-electron chi connectivity index (χ4n) is 1.39. The Morgan fingerprint density at radius 1 is 1.53 bits per heavy atom. The molecule has 0 radical (unpaired) electrons. The van der Waals surface area contributed by atoms with Gasteiger partial charge in [0.1, 0.15) is 5.52 Å². The summed E-state index contributed by atoms with van der Waals surface area (Å²) in [5.74, 6) is 0.449. The SMILES string of the molecule is CC(=O)Nc1cc(Br)cc2oc(C)nc12. The maximum atomic E-state index is 11.0. The summed E-state index contributed by atoms with van der Waals surface area (Å²) in [5.41, 5.74) is 1.99. The van der Waals surface area contributed by atoms with Gasteiger partial charge in [-0.05, 0) is 12.1 Å². The Kier molecular flexibility index (Phi) is 2.48. The minimum absolute atomic E-state index is 0.130. The summed E-state index contributed by atoms with van der Waals surface area (Å²) < 4.78 is 6.22. The lowest BCUT2D eigenvalue weighted by Gasteiger charge is -2.02. The van der Waals surface area contributed by atoms with Crippen LogP contribution in [0.25, 0.3) is 11.1 Å². The van der Waals surface area contributed by atoms with E-state index in [2.05, 4.69) is 26.2 Å². The highest BCUT2D eigenvalue weighted by molar-refractivity contribution is 9.10.